The standard InChI is InChI=1S/C12H14NO6PSe/c1-12(2)7-17-20(21,18-8-12)19-11(14)9-3-5-10(6-4-9)13(15)16/h3-6H,7-8H2,1-2H3. The van der Waals surface area contributed by atoms with Crippen LogP contribution in [0.4, 0.5) is 5.69 Å². The van der Waals surface area contributed by atoms with Gasteiger partial charge in [0.25, 0.3) is 0 Å². The average molecular weight is 378 g/mol. The van der Waals surface area contributed by atoms with Crippen LogP contribution in [0.2, 0.25) is 0 Å². The van der Waals surface area contributed by atoms with Crippen molar-refractivity contribution in [1.82, 2.24) is 0 Å². The zero-order chi connectivity index (χ0) is 15.7. The van der Waals surface area contributed by atoms with Gasteiger partial charge >= 0.3 is 129 Å². The van der Waals surface area contributed by atoms with Crippen LogP contribution in [0.15, 0.2) is 24.3 Å². The maximum atomic E-state index is 12.0. The summed E-state index contributed by atoms with van der Waals surface area (Å²) < 4.78 is 16.3. The van der Waals surface area contributed by atoms with Gasteiger partial charge in [0.15, 0.2) is 0 Å². The van der Waals surface area contributed by atoms with Gasteiger partial charge in [-0.05, 0) is 0 Å². The molecule has 1 fully saturated rings. The number of nitro groups is 1. The van der Waals surface area contributed by atoms with Gasteiger partial charge in [-0.25, -0.2) is 0 Å². The van der Waals surface area contributed by atoms with Crippen LogP contribution < -0.4 is 0 Å². The Hall–Kier alpha value is -1.04. The molecule has 21 heavy (non-hydrogen) atoms. The topological polar surface area (TPSA) is 87.9 Å². The molecule has 0 saturated carbocycles. The number of nitro benzene ring substituents is 1. The van der Waals surface area contributed by atoms with Crippen molar-refractivity contribution >= 4 is 32.9 Å². The number of hydrogen-bond acceptors (Lipinski definition) is 6. The normalized spacial score (nSPS) is 19.7. The Labute approximate surface area is 129 Å². The van der Waals surface area contributed by atoms with Crippen molar-refractivity contribution in [2.45, 2.75) is 13.8 Å². The second-order valence-electron chi connectivity index (χ2n) is 5.34. The van der Waals surface area contributed by atoms with Crippen molar-refractivity contribution in [2.24, 2.45) is 5.41 Å². The first-order valence-electron chi connectivity index (χ1n) is 6.08. The second-order valence-corrected chi connectivity index (χ2v) is 9.75. The molecule has 1 heterocycles. The van der Waals surface area contributed by atoms with Gasteiger partial charge in [0.2, 0.25) is 0 Å². The molecule has 7 nitrogen and oxygen atoms in total. The van der Waals surface area contributed by atoms with Gasteiger partial charge in [-0.2, -0.15) is 0 Å². The molecule has 2 rings (SSSR count). The summed E-state index contributed by atoms with van der Waals surface area (Å²) in [5.74, 6) is -0.642. The molecule has 0 unspecified atom stereocenters. The first-order chi connectivity index (χ1) is 9.71. The Kier molecular flexibility index (Phi) is 4.66. The van der Waals surface area contributed by atoms with Crippen molar-refractivity contribution < 1.29 is 23.3 Å². The zero-order valence-corrected chi connectivity index (χ0v) is 14.1. The molecule has 9 heteroatoms. The van der Waals surface area contributed by atoms with Crippen LogP contribution in [-0.4, -0.2) is 39.2 Å². The van der Waals surface area contributed by atoms with E-state index in [1.807, 2.05) is 13.8 Å². The summed E-state index contributed by atoms with van der Waals surface area (Å²) in [4.78, 5) is 22.0. The number of non-ortho nitro benzene ring substituents is 1. The van der Waals surface area contributed by atoms with E-state index >= 15 is 0 Å². The summed E-state index contributed by atoms with van der Waals surface area (Å²) in [5.41, 5.74) is -0.0223. The Morgan fingerprint density at radius 2 is 1.86 bits per heavy atom. The van der Waals surface area contributed by atoms with Gasteiger partial charge in [0.1, 0.15) is 0 Å². The van der Waals surface area contributed by atoms with E-state index in [1.54, 1.807) is 0 Å². The van der Waals surface area contributed by atoms with E-state index in [9.17, 15) is 14.9 Å². The second kappa shape index (κ2) is 5.99. The van der Waals surface area contributed by atoms with Gasteiger partial charge in [-0.3, -0.25) is 0 Å². The quantitative estimate of drug-likeness (QED) is 0.348. The van der Waals surface area contributed by atoms with Crippen molar-refractivity contribution in [3.63, 3.8) is 0 Å². The van der Waals surface area contributed by atoms with E-state index in [2.05, 4.69) is 15.1 Å². The van der Waals surface area contributed by atoms with Crippen molar-refractivity contribution in [3.8, 4) is 0 Å². The molecule has 0 radical (unpaired) electrons. The van der Waals surface area contributed by atoms with Crippen molar-refractivity contribution in [3.05, 3.63) is 39.9 Å². The third kappa shape index (κ3) is 4.22. The van der Waals surface area contributed by atoms with E-state index in [4.69, 9.17) is 13.6 Å². The SMILES string of the molecule is CC1(C)COP(=[Se])(OC(=O)c2ccc([N+](=O)[O-])cc2)OC1. The van der Waals surface area contributed by atoms with Gasteiger partial charge in [-0.1, -0.05) is 0 Å². The summed E-state index contributed by atoms with van der Waals surface area (Å²) in [6.45, 7) is 4.80. The Morgan fingerprint density at radius 1 is 1.33 bits per heavy atom. The molecule has 1 aliphatic rings. The molecule has 1 aromatic carbocycles. The third-order valence-electron chi connectivity index (χ3n) is 2.74. The van der Waals surface area contributed by atoms with Gasteiger partial charge in [0.05, 0.1) is 0 Å². The van der Waals surface area contributed by atoms with Crippen LogP contribution in [0.25, 0.3) is 0 Å². The van der Waals surface area contributed by atoms with Crippen LogP contribution in [0.1, 0.15) is 24.2 Å². The first kappa shape index (κ1) is 16.3. The van der Waals surface area contributed by atoms with Crippen LogP contribution in [-0.2, 0) is 13.6 Å². The number of carbonyl (C=O) groups is 1. The predicted molar refractivity (Wildman–Crippen MR) is 76.9 cm³/mol. The molecule has 114 valence electrons. The third-order valence-corrected chi connectivity index (χ3v) is 5.81. The van der Waals surface area contributed by atoms with E-state index in [1.165, 1.54) is 24.3 Å². The Bertz CT molecular complexity index is 601. The minimum absolute atomic E-state index is 0.0916. The molecule has 0 atom stereocenters. The number of carbonyl (C=O) groups excluding carboxylic acids is 1. The molecule has 1 aromatic rings. The molecular formula is C12H14NO6PSe. The van der Waals surface area contributed by atoms with Gasteiger partial charge in [0, 0.05) is 0 Å². The molecule has 0 N–H and O–H groups in total. The van der Waals surface area contributed by atoms with Crippen LogP contribution >= 0.6 is 6.19 Å². The minimum atomic E-state index is -2.80. The molecule has 1 saturated heterocycles. The van der Waals surface area contributed by atoms with E-state index in [0.717, 1.165) is 0 Å². The fraction of sp³-hybridized carbons (Fsp3) is 0.417. The molecule has 0 aliphatic carbocycles. The molecule has 0 spiro atoms. The number of nitrogens with zero attached hydrogens (tertiary/aromatic N) is 1. The average Bonchev–Trinajstić information content (AvgIpc) is 2.43. The maximum absolute atomic E-state index is 12.0. The van der Waals surface area contributed by atoms with E-state index in [-0.39, 0.29) is 16.7 Å². The van der Waals surface area contributed by atoms with Crippen molar-refractivity contribution in [2.75, 3.05) is 13.2 Å². The summed E-state index contributed by atoms with van der Waals surface area (Å²) in [6, 6.07) is 5.15. The molecule has 0 aromatic heterocycles. The van der Waals surface area contributed by atoms with Gasteiger partial charge in [-0.15, -0.1) is 0 Å². The van der Waals surface area contributed by atoms with Crippen molar-refractivity contribution in [1.29, 1.82) is 0 Å². The van der Waals surface area contributed by atoms with Crippen LogP contribution in [0.5, 0.6) is 0 Å². The van der Waals surface area contributed by atoms with Crippen LogP contribution in [0.3, 0.4) is 0 Å². The number of hydrogen-bond donors (Lipinski definition) is 0. The van der Waals surface area contributed by atoms with E-state index < -0.39 is 17.1 Å². The zero-order valence-electron chi connectivity index (χ0n) is 11.5. The fourth-order valence-corrected chi connectivity index (χ4v) is 4.11. The molecule has 0 amide bonds. The monoisotopic (exact) mass is 379 g/mol. The Balaban J connectivity index is 2.04. The summed E-state index contributed by atoms with van der Waals surface area (Å²) in [6.07, 6.45) is -2.80. The summed E-state index contributed by atoms with van der Waals surface area (Å²) >= 11 is 2.68. The van der Waals surface area contributed by atoms with Gasteiger partial charge < -0.3 is 0 Å². The number of benzene rings is 1. The first-order valence-corrected chi connectivity index (χ1v) is 9.84. The number of rotatable bonds is 3. The summed E-state index contributed by atoms with van der Waals surface area (Å²) in [5, 5.41) is 10.6. The summed E-state index contributed by atoms with van der Waals surface area (Å²) in [7, 11) is 0. The Morgan fingerprint density at radius 3 is 2.33 bits per heavy atom. The predicted octanol–water partition coefficient (Wildman–Crippen LogP) is 2.67. The fourth-order valence-electron chi connectivity index (χ4n) is 1.51. The molecule has 0 bridgehead atoms. The molecular weight excluding hydrogens is 364 g/mol. The van der Waals surface area contributed by atoms with Crippen LogP contribution in [0, 0.1) is 15.5 Å². The van der Waals surface area contributed by atoms with E-state index in [0.29, 0.717) is 13.2 Å². The molecule has 1 aliphatic heterocycles.